The minimum absolute atomic E-state index is 0.0377. The van der Waals surface area contributed by atoms with Gasteiger partial charge in [0.2, 0.25) is 5.88 Å². The summed E-state index contributed by atoms with van der Waals surface area (Å²) >= 11 is 0. The van der Waals surface area contributed by atoms with Crippen LogP contribution in [0.2, 0.25) is 0 Å². The fraction of sp³-hybridized carbons (Fsp3) is 0.368. The monoisotopic (exact) mass is 419 g/mol. The van der Waals surface area contributed by atoms with Crippen LogP contribution in [-0.4, -0.2) is 37.9 Å². The molecule has 0 saturated carbocycles. The lowest BCUT2D eigenvalue weighted by molar-refractivity contribution is 0.274. The molecule has 0 atom stereocenters. The summed E-state index contributed by atoms with van der Waals surface area (Å²) in [4.78, 5) is 4.17. The third-order valence-corrected chi connectivity index (χ3v) is 6.34. The third kappa shape index (κ3) is 3.49. The number of hydrogen-bond donors (Lipinski definition) is 2. The Morgan fingerprint density at radius 1 is 1.14 bits per heavy atom. The van der Waals surface area contributed by atoms with Crippen LogP contribution in [0.25, 0.3) is 11.0 Å². The number of aliphatic hydroxyl groups excluding tert-OH is 1. The van der Waals surface area contributed by atoms with Gasteiger partial charge in [-0.15, -0.1) is 0 Å². The van der Waals surface area contributed by atoms with Crippen molar-refractivity contribution in [2.24, 2.45) is 0 Å². The number of sulfonamides is 1. The molecule has 154 valence electrons. The Hall–Kier alpha value is -2.85. The number of aromatic nitrogens is 2. The molecule has 10 heteroatoms. The van der Waals surface area contributed by atoms with E-state index in [0.717, 1.165) is 36.8 Å². The summed E-state index contributed by atoms with van der Waals surface area (Å²) < 4.78 is 44.6. The smallest absolute Gasteiger partial charge is 0.266 e. The van der Waals surface area contributed by atoms with Crippen molar-refractivity contribution < 1.29 is 27.5 Å². The standard InChI is InChI=1S/C19H21N3O6S/c1-26-14-7-11-5-3-4-6-12(11)8-16(14)29(24,25)22-18-17-15(28-21-18)9-13(10-23)20-19(17)27-2/h7-9,23H,3-6,10H2,1-2H3,(H,21,22). The van der Waals surface area contributed by atoms with Crippen molar-refractivity contribution in [3.05, 3.63) is 35.0 Å². The van der Waals surface area contributed by atoms with Gasteiger partial charge >= 0.3 is 0 Å². The van der Waals surface area contributed by atoms with Gasteiger partial charge in [0, 0.05) is 6.07 Å². The Balaban J connectivity index is 1.78. The maximum Gasteiger partial charge on any atom is 0.266 e. The third-order valence-electron chi connectivity index (χ3n) is 4.98. The normalized spacial score (nSPS) is 13.9. The molecule has 2 aromatic heterocycles. The molecule has 0 fully saturated rings. The molecular formula is C19H21N3O6S. The van der Waals surface area contributed by atoms with E-state index < -0.39 is 10.0 Å². The van der Waals surface area contributed by atoms with E-state index in [2.05, 4.69) is 14.9 Å². The second kappa shape index (κ2) is 7.53. The van der Waals surface area contributed by atoms with Crippen LogP contribution in [0.15, 0.2) is 27.6 Å². The van der Waals surface area contributed by atoms with Crippen LogP contribution in [-0.2, 0) is 29.5 Å². The van der Waals surface area contributed by atoms with Gasteiger partial charge in [-0.2, -0.15) is 0 Å². The molecule has 0 radical (unpaired) electrons. The predicted octanol–water partition coefficient (Wildman–Crippen LogP) is 2.41. The second-order valence-corrected chi connectivity index (χ2v) is 8.42. The Morgan fingerprint density at radius 2 is 1.86 bits per heavy atom. The molecule has 0 amide bonds. The van der Waals surface area contributed by atoms with E-state index in [1.165, 1.54) is 20.3 Å². The number of nitrogens with zero attached hydrogens (tertiary/aromatic N) is 2. The van der Waals surface area contributed by atoms with E-state index in [4.69, 9.17) is 14.0 Å². The number of nitrogens with one attached hydrogen (secondary N) is 1. The number of benzene rings is 1. The summed E-state index contributed by atoms with van der Waals surface area (Å²) in [5.74, 6) is 0.329. The van der Waals surface area contributed by atoms with Crippen molar-refractivity contribution in [2.75, 3.05) is 18.9 Å². The molecule has 0 bridgehead atoms. The number of methoxy groups -OCH3 is 2. The molecule has 1 aromatic carbocycles. The Morgan fingerprint density at radius 3 is 2.52 bits per heavy atom. The van der Waals surface area contributed by atoms with Crippen LogP contribution in [0.4, 0.5) is 5.82 Å². The molecule has 0 unspecified atom stereocenters. The van der Waals surface area contributed by atoms with Crippen molar-refractivity contribution in [1.29, 1.82) is 0 Å². The van der Waals surface area contributed by atoms with E-state index in [1.54, 1.807) is 12.1 Å². The van der Waals surface area contributed by atoms with E-state index in [0.29, 0.717) is 5.69 Å². The first-order chi connectivity index (χ1) is 14.0. The van der Waals surface area contributed by atoms with E-state index in [9.17, 15) is 13.5 Å². The van der Waals surface area contributed by atoms with Gasteiger partial charge in [-0.05, 0) is 48.9 Å². The molecule has 1 aliphatic carbocycles. The number of pyridine rings is 1. The van der Waals surface area contributed by atoms with Crippen LogP contribution >= 0.6 is 0 Å². The summed E-state index contributed by atoms with van der Waals surface area (Å²) in [6.45, 7) is -0.319. The van der Waals surface area contributed by atoms with Gasteiger partial charge < -0.3 is 19.1 Å². The lowest BCUT2D eigenvalue weighted by Crippen LogP contribution is -2.16. The maximum absolute atomic E-state index is 13.2. The van der Waals surface area contributed by atoms with Crippen LogP contribution in [0.5, 0.6) is 11.6 Å². The topological polar surface area (TPSA) is 124 Å². The molecule has 4 rings (SSSR count). The summed E-state index contributed by atoms with van der Waals surface area (Å²) in [6, 6.07) is 4.93. The van der Waals surface area contributed by atoms with Crippen LogP contribution in [0.1, 0.15) is 29.7 Å². The van der Waals surface area contributed by atoms with Gasteiger partial charge in [-0.25, -0.2) is 13.4 Å². The maximum atomic E-state index is 13.2. The number of rotatable bonds is 6. The fourth-order valence-electron chi connectivity index (χ4n) is 3.57. The first-order valence-corrected chi connectivity index (χ1v) is 10.6. The largest absolute Gasteiger partial charge is 0.495 e. The molecule has 2 heterocycles. The molecule has 0 saturated heterocycles. The van der Waals surface area contributed by atoms with Gasteiger partial charge in [0.05, 0.1) is 26.5 Å². The average molecular weight is 419 g/mol. The second-order valence-electron chi connectivity index (χ2n) is 6.77. The van der Waals surface area contributed by atoms with Gasteiger partial charge in [-0.1, -0.05) is 5.16 Å². The van der Waals surface area contributed by atoms with Gasteiger partial charge in [0.1, 0.15) is 16.0 Å². The van der Waals surface area contributed by atoms with Crippen LogP contribution in [0.3, 0.4) is 0 Å². The van der Waals surface area contributed by atoms with E-state index in [1.807, 2.05) is 0 Å². The van der Waals surface area contributed by atoms with Gasteiger partial charge in [0.25, 0.3) is 10.0 Å². The van der Waals surface area contributed by atoms with Crippen molar-refractivity contribution in [3.8, 4) is 11.6 Å². The summed E-state index contributed by atoms with van der Waals surface area (Å²) in [6.07, 6.45) is 3.84. The fourth-order valence-corrected chi connectivity index (χ4v) is 4.78. The highest BCUT2D eigenvalue weighted by molar-refractivity contribution is 7.92. The van der Waals surface area contributed by atoms with Crippen molar-refractivity contribution in [1.82, 2.24) is 10.1 Å². The summed E-state index contributed by atoms with van der Waals surface area (Å²) in [5.41, 5.74) is 2.68. The van der Waals surface area contributed by atoms with Crippen molar-refractivity contribution in [2.45, 2.75) is 37.2 Å². The highest BCUT2D eigenvalue weighted by Gasteiger charge is 2.27. The molecule has 0 aliphatic heterocycles. The van der Waals surface area contributed by atoms with Gasteiger partial charge in [-0.3, -0.25) is 4.72 Å². The predicted molar refractivity (Wildman–Crippen MR) is 105 cm³/mol. The Bertz CT molecular complexity index is 1170. The summed E-state index contributed by atoms with van der Waals surface area (Å²) in [7, 11) is -1.19. The Labute approximate surface area is 167 Å². The number of hydrogen-bond acceptors (Lipinski definition) is 8. The minimum Gasteiger partial charge on any atom is -0.495 e. The minimum atomic E-state index is -4.02. The quantitative estimate of drug-likeness (QED) is 0.624. The number of anilines is 1. The highest BCUT2D eigenvalue weighted by atomic mass is 32.2. The van der Waals surface area contributed by atoms with Crippen molar-refractivity contribution in [3.63, 3.8) is 0 Å². The first-order valence-electron chi connectivity index (χ1n) is 9.13. The zero-order valence-corrected chi connectivity index (χ0v) is 16.9. The molecule has 0 spiro atoms. The first kappa shape index (κ1) is 19.5. The average Bonchev–Trinajstić information content (AvgIpc) is 3.13. The van der Waals surface area contributed by atoms with E-state index >= 15 is 0 Å². The van der Waals surface area contributed by atoms with Gasteiger partial charge in [0.15, 0.2) is 11.4 Å². The molecule has 29 heavy (non-hydrogen) atoms. The number of fused-ring (bicyclic) bond motifs is 2. The van der Waals surface area contributed by atoms with Crippen LogP contribution < -0.4 is 14.2 Å². The zero-order valence-electron chi connectivity index (χ0n) is 16.1. The molecular weight excluding hydrogens is 398 g/mol. The molecule has 9 nitrogen and oxygen atoms in total. The lowest BCUT2D eigenvalue weighted by atomic mass is 9.92. The summed E-state index contributed by atoms with van der Waals surface area (Å²) in [5, 5.41) is 13.4. The Kier molecular flexibility index (Phi) is 5.05. The molecule has 3 aromatic rings. The lowest BCUT2D eigenvalue weighted by Gasteiger charge is -2.19. The number of ether oxygens (including phenoxy) is 2. The molecule has 1 aliphatic rings. The van der Waals surface area contributed by atoms with Crippen molar-refractivity contribution >= 4 is 26.8 Å². The SMILES string of the molecule is COc1cc2c(cc1S(=O)(=O)Nc1noc3cc(CO)nc(OC)c13)CCCC2. The number of aryl methyl sites for hydroxylation is 2. The highest BCUT2D eigenvalue weighted by Crippen LogP contribution is 2.36. The zero-order chi connectivity index (χ0) is 20.6. The number of aliphatic hydroxyl groups is 1. The van der Waals surface area contributed by atoms with Crippen LogP contribution in [0, 0.1) is 0 Å². The van der Waals surface area contributed by atoms with E-state index in [-0.39, 0.29) is 39.9 Å². The molecule has 2 N–H and O–H groups in total.